The predicted octanol–water partition coefficient (Wildman–Crippen LogP) is 1.76. The molecule has 0 radical (unpaired) electrons. The maximum atomic E-state index is 12.3. The van der Waals surface area contributed by atoms with Gasteiger partial charge in [0, 0.05) is 19.1 Å². The fourth-order valence-electron chi connectivity index (χ4n) is 2.03. The number of nitriles is 1. The molecule has 0 spiro atoms. The van der Waals surface area contributed by atoms with Gasteiger partial charge in [0.2, 0.25) is 0 Å². The van der Waals surface area contributed by atoms with E-state index in [-0.39, 0.29) is 12.6 Å². The summed E-state index contributed by atoms with van der Waals surface area (Å²) < 4.78 is 36.9. The van der Waals surface area contributed by atoms with Gasteiger partial charge in [-0.3, -0.25) is 0 Å². The Balaban J connectivity index is 2.29. The molecule has 0 amide bonds. The van der Waals surface area contributed by atoms with Crippen LogP contribution in [-0.4, -0.2) is 43.8 Å². The van der Waals surface area contributed by atoms with Crippen LogP contribution < -0.4 is 5.32 Å². The lowest BCUT2D eigenvalue weighted by Gasteiger charge is -2.32. The monoisotopic (exact) mass is 249 g/mol. The smallest absolute Gasteiger partial charge is 0.314 e. The van der Waals surface area contributed by atoms with Crippen molar-refractivity contribution in [3.05, 3.63) is 0 Å². The molecule has 1 saturated heterocycles. The standard InChI is InChI=1S/C11H18F3N3/c1-17-5-3-2-4-10(17)8-16-7-9(6-15)11(12,13)14/h9-10,16H,2-5,7-8H2,1H3. The van der Waals surface area contributed by atoms with Gasteiger partial charge in [-0.15, -0.1) is 0 Å². The van der Waals surface area contributed by atoms with Crippen LogP contribution in [0.4, 0.5) is 13.2 Å². The van der Waals surface area contributed by atoms with Gasteiger partial charge in [-0.2, -0.15) is 18.4 Å². The Morgan fingerprint density at radius 2 is 2.18 bits per heavy atom. The van der Waals surface area contributed by atoms with Crippen molar-refractivity contribution >= 4 is 0 Å². The number of hydrogen-bond acceptors (Lipinski definition) is 3. The zero-order valence-corrected chi connectivity index (χ0v) is 9.93. The van der Waals surface area contributed by atoms with E-state index < -0.39 is 12.1 Å². The average molecular weight is 249 g/mol. The summed E-state index contributed by atoms with van der Waals surface area (Å²) in [5, 5.41) is 11.2. The normalized spacial score (nSPS) is 24.3. The van der Waals surface area contributed by atoms with Crippen LogP contribution >= 0.6 is 0 Å². The molecule has 0 aliphatic carbocycles. The topological polar surface area (TPSA) is 39.1 Å². The molecule has 17 heavy (non-hydrogen) atoms. The van der Waals surface area contributed by atoms with Gasteiger partial charge in [0.05, 0.1) is 6.07 Å². The van der Waals surface area contributed by atoms with E-state index in [1.807, 2.05) is 7.05 Å². The number of rotatable bonds is 4. The summed E-state index contributed by atoms with van der Waals surface area (Å²) in [4.78, 5) is 2.16. The second kappa shape index (κ2) is 6.22. The Bertz CT molecular complexity index is 272. The molecule has 3 nitrogen and oxygen atoms in total. The van der Waals surface area contributed by atoms with E-state index in [9.17, 15) is 13.2 Å². The number of halogens is 3. The van der Waals surface area contributed by atoms with E-state index in [4.69, 9.17) is 5.26 Å². The molecular formula is C11H18F3N3. The summed E-state index contributed by atoms with van der Waals surface area (Å²) in [5.41, 5.74) is 0. The molecule has 0 aromatic heterocycles. The number of hydrogen-bond donors (Lipinski definition) is 1. The zero-order chi connectivity index (χ0) is 12.9. The van der Waals surface area contributed by atoms with Crippen LogP contribution in [0.5, 0.6) is 0 Å². The van der Waals surface area contributed by atoms with E-state index >= 15 is 0 Å². The van der Waals surface area contributed by atoms with Crippen molar-refractivity contribution in [3.8, 4) is 6.07 Å². The molecule has 1 aliphatic rings. The van der Waals surface area contributed by atoms with E-state index in [1.165, 1.54) is 6.07 Å². The molecule has 98 valence electrons. The molecule has 0 bridgehead atoms. The summed E-state index contributed by atoms with van der Waals surface area (Å²) in [6.45, 7) is 1.20. The summed E-state index contributed by atoms with van der Waals surface area (Å²) >= 11 is 0. The quantitative estimate of drug-likeness (QED) is 0.825. The minimum Gasteiger partial charge on any atom is -0.314 e. The number of piperidine rings is 1. The minimum absolute atomic E-state index is 0.288. The maximum absolute atomic E-state index is 12.3. The van der Waals surface area contributed by atoms with Crippen LogP contribution in [0.15, 0.2) is 0 Å². The largest absolute Gasteiger partial charge is 0.405 e. The number of likely N-dealkylation sites (tertiary alicyclic amines) is 1. The Hall–Kier alpha value is -0.800. The van der Waals surface area contributed by atoms with Crippen LogP contribution in [0.1, 0.15) is 19.3 Å². The van der Waals surface area contributed by atoms with Gasteiger partial charge in [0.15, 0.2) is 5.92 Å². The third-order valence-corrected chi connectivity index (χ3v) is 3.20. The minimum atomic E-state index is -4.43. The molecule has 1 aliphatic heterocycles. The van der Waals surface area contributed by atoms with Crippen molar-refractivity contribution < 1.29 is 13.2 Å². The SMILES string of the molecule is CN1CCCCC1CNCC(C#N)C(F)(F)F. The lowest BCUT2D eigenvalue weighted by atomic mass is 10.0. The summed E-state index contributed by atoms with van der Waals surface area (Å²) in [6, 6.07) is 1.58. The fraction of sp³-hybridized carbons (Fsp3) is 0.909. The van der Waals surface area contributed by atoms with Crippen molar-refractivity contribution in [2.75, 3.05) is 26.7 Å². The highest BCUT2D eigenvalue weighted by Crippen LogP contribution is 2.25. The maximum Gasteiger partial charge on any atom is 0.405 e. The first-order valence-corrected chi connectivity index (χ1v) is 5.82. The third kappa shape index (κ3) is 4.52. The first-order chi connectivity index (χ1) is 7.95. The van der Waals surface area contributed by atoms with Gasteiger partial charge in [-0.1, -0.05) is 6.42 Å². The third-order valence-electron chi connectivity index (χ3n) is 3.20. The first kappa shape index (κ1) is 14.3. The molecule has 1 rings (SSSR count). The van der Waals surface area contributed by atoms with E-state index in [1.54, 1.807) is 0 Å². The van der Waals surface area contributed by atoms with E-state index in [0.29, 0.717) is 6.54 Å². The van der Waals surface area contributed by atoms with E-state index in [0.717, 1.165) is 25.8 Å². The highest BCUT2D eigenvalue weighted by atomic mass is 19.4. The Morgan fingerprint density at radius 1 is 1.47 bits per heavy atom. The van der Waals surface area contributed by atoms with Crippen LogP contribution in [-0.2, 0) is 0 Å². The second-order valence-electron chi connectivity index (χ2n) is 4.51. The van der Waals surface area contributed by atoms with Gasteiger partial charge >= 0.3 is 6.18 Å². The summed E-state index contributed by atoms with van der Waals surface area (Å²) in [7, 11) is 1.98. The lowest BCUT2D eigenvalue weighted by Crippen LogP contribution is -2.45. The van der Waals surface area contributed by atoms with Crippen molar-refractivity contribution in [2.45, 2.75) is 31.5 Å². The molecular weight excluding hydrogens is 231 g/mol. The Labute approximate surface area is 99.6 Å². The summed E-state index contributed by atoms with van der Waals surface area (Å²) in [5.74, 6) is -1.91. The number of alkyl halides is 3. The summed E-state index contributed by atoms with van der Waals surface area (Å²) in [6.07, 6.45) is -1.15. The predicted molar refractivity (Wildman–Crippen MR) is 58.3 cm³/mol. The average Bonchev–Trinajstić information content (AvgIpc) is 2.25. The first-order valence-electron chi connectivity index (χ1n) is 5.82. The Morgan fingerprint density at radius 3 is 2.71 bits per heavy atom. The molecule has 0 saturated carbocycles. The van der Waals surface area contributed by atoms with Gasteiger partial charge in [-0.05, 0) is 26.4 Å². The highest BCUT2D eigenvalue weighted by molar-refractivity contribution is 4.90. The molecule has 1 heterocycles. The molecule has 2 unspecified atom stereocenters. The fourth-order valence-corrected chi connectivity index (χ4v) is 2.03. The molecule has 1 N–H and O–H groups in total. The second-order valence-corrected chi connectivity index (χ2v) is 4.51. The van der Waals surface area contributed by atoms with Crippen LogP contribution in [0.2, 0.25) is 0 Å². The van der Waals surface area contributed by atoms with Crippen molar-refractivity contribution in [1.29, 1.82) is 5.26 Å². The van der Waals surface area contributed by atoms with Crippen LogP contribution in [0.25, 0.3) is 0 Å². The van der Waals surface area contributed by atoms with Crippen LogP contribution in [0.3, 0.4) is 0 Å². The van der Waals surface area contributed by atoms with Crippen LogP contribution in [0, 0.1) is 17.2 Å². The van der Waals surface area contributed by atoms with Gasteiger partial charge in [-0.25, -0.2) is 0 Å². The van der Waals surface area contributed by atoms with Crippen molar-refractivity contribution in [1.82, 2.24) is 10.2 Å². The van der Waals surface area contributed by atoms with Gasteiger partial charge in [0.25, 0.3) is 0 Å². The highest BCUT2D eigenvalue weighted by Gasteiger charge is 2.39. The molecule has 2 atom stereocenters. The lowest BCUT2D eigenvalue weighted by molar-refractivity contribution is -0.157. The molecule has 1 fully saturated rings. The zero-order valence-electron chi connectivity index (χ0n) is 9.93. The van der Waals surface area contributed by atoms with Crippen molar-refractivity contribution in [2.24, 2.45) is 5.92 Å². The molecule has 0 aromatic rings. The Kier molecular flexibility index (Phi) is 5.22. The van der Waals surface area contributed by atoms with E-state index in [2.05, 4.69) is 10.2 Å². The number of likely N-dealkylation sites (N-methyl/N-ethyl adjacent to an activating group) is 1. The van der Waals surface area contributed by atoms with Gasteiger partial charge < -0.3 is 10.2 Å². The molecule has 0 aromatic carbocycles. The molecule has 6 heteroatoms. The van der Waals surface area contributed by atoms with Gasteiger partial charge in [0.1, 0.15) is 0 Å². The van der Waals surface area contributed by atoms with Crippen molar-refractivity contribution in [3.63, 3.8) is 0 Å². The number of nitrogens with one attached hydrogen (secondary N) is 1. The number of nitrogens with zero attached hydrogens (tertiary/aromatic N) is 2.